The second kappa shape index (κ2) is 8.14. The summed E-state index contributed by atoms with van der Waals surface area (Å²) in [5.74, 6) is 1.43. The Labute approximate surface area is 134 Å². The molecule has 1 aliphatic heterocycles. The molecule has 0 spiro atoms. The number of thiazole rings is 1. The van der Waals surface area contributed by atoms with Crippen LogP contribution in [0.25, 0.3) is 0 Å². The molecule has 0 saturated carbocycles. The highest BCUT2D eigenvalue weighted by molar-refractivity contribution is 7.15. The van der Waals surface area contributed by atoms with Crippen molar-refractivity contribution >= 4 is 16.5 Å². The molecule has 1 N–H and O–H groups in total. The molecule has 0 aliphatic carbocycles. The van der Waals surface area contributed by atoms with Crippen molar-refractivity contribution in [1.82, 2.24) is 10.3 Å². The zero-order chi connectivity index (χ0) is 15.2. The number of hydrogen-bond acceptors (Lipinski definition) is 4. The molecule has 0 aromatic carbocycles. The average Bonchev–Trinajstić information content (AvgIpc) is 2.79. The summed E-state index contributed by atoms with van der Waals surface area (Å²) in [6.07, 6.45) is 5.15. The zero-order valence-electron chi connectivity index (χ0n) is 14.1. The van der Waals surface area contributed by atoms with Gasteiger partial charge in [0.15, 0.2) is 5.13 Å². The van der Waals surface area contributed by atoms with Gasteiger partial charge in [0.05, 0.1) is 5.69 Å². The molecule has 0 bridgehead atoms. The summed E-state index contributed by atoms with van der Waals surface area (Å²) < 4.78 is 0. The molecule has 0 amide bonds. The van der Waals surface area contributed by atoms with Gasteiger partial charge in [-0.2, -0.15) is 0 Å². The van der Waals surface area contributed by atoms with Crippen LogP contribution in [0.15, 0.2) is 0 Å². The lowest BCUT2D eigenvalue weighted by atomic mass is 10.0. The number of anilines is 1. The lowest BCUT2D eigenvalue weighted by Crippen LogP contribution is -2.24. The highest BCUT2D eigenvalue weighted by atomic mass is 32.1. The van der Waals surface area contributed by atoms with Crippen molar-refractivity contribution < 1.29 is 0 Å². The van der Waals surface area contributed by atoms with Crippen LogP contribution in [0.4, 0.5) is 5.13 Å². The third-order valence-electron chi connectivity index (χ3n) is 4.62. The van der Waals surface area contributed by atoms with Crippen LogP contribution in [0.2, 0.25) is 0 Å². The highest BCUT2D eigenvalue weighted by Crippen LogP contribution is 2.33. The van der Waals surface area contributed by atoms with Gasteiger partial charge in [-0.25, -0.2) is 4.98 Å². The van der Waals surface area contributed by atoms with Gasteiger partial charge in [0.2, 0.25) is 0 Å². The predicted molar refractivity (Wildman–Crippen MR) is 93.4 cm³/mol. The van der Waals surface area contributed by atoms with E-state index in [9.17, 15) is 0 Å². The van der Waals surface area contributed by atoms with Crippen LogP contribution in [0.5, 0.6) is 0 Å². The third-order valence-corrected chi connectivity index (χ3v) is 5.75. The number of nitrogens with one attached hydrogen (secondary N) is 1. The molecule has 21 heavy (non-hydrogen) atoms. The molecule has 1 aromatic heterocycles. The maximum atomic E-state index is 5.03. The van der Waals surface area contributed by atoms with E-state index < -0.39 is 0 Å². The molecule has 2 rings (SSSR count). The molecule has 3 nitrogen and oxygen atoms in total. The Kier molecular flexibility index (Phi) is 6.49. The second-order valence-electron chi connectivity index (χ2n) is 6.42. The molecule has 1 aromatic rings. The van der Waals surface area contributed by atoms with Crippen LogP contribution in [-0.4, -0.2) is 24.6 Å². The van der Waals surface area contributed by atoms with Crippen molar-refractivity contribution in [2.45, 2.75) is 65.8 Å². The first-order valence-corrected chi connectivity index (χ1v) is 9.42. The first kappa shape index (κ1) is 16.8. The van der Waals surface area contributed by atoms with E-state index in [2.05, 4.69) is 37.9 Å². The van der Waals surface area contributed by atoms with Crippen LogP contribution in [-0.2, 0) is 6.54 Å². The molecule has 1 aliphatic rings. The minimum atomic E-state index is 0.564. The summed E-state index contributed by atoms with van der Waals surface area (Å²) in [4.78, 5) is 9.00. The summed E-state index contributed by atoms with van der Waals surface area (Å²) in [7, 11) is 0. The summed E-state index contributed by atoms with van der Waals surface area (Å²) in [5, 5.41) is 4.73. The number of nitrogens with zero attached hydrogens (tertiary/aromatic N) is 2. The Morgan fingerprint density at radius 1 is 1.33 bits per heavy atom. The van der Waals surface area contributed by atoms with Crippen molar-refractivity contribution in [2.24, 2.45) is 5.92 Å². The summed E-state index contributed by atoms with van der Waals surface area (Å²) in [5.41, 5.74) is 1.33. The minimum Gasteiger partial charge on any atom is -0.348 e. The van der Waals surface area contributed by atoms with E-state index in [4.69, 9.17) is 4.98 Å². The molecule has 0 radical (unpaired) electrons. The first-order chi connectivity index (χ1) is 10.2. The van der Waals surface area contributed by atoms with E-state index in [1.54, 1.807) is 0 Å². The van der Waals surface area contributed by atoms with Gasteiger partial charge in [-0.15, -0.1) is 11.3 Å². The van der Waals surface area contributed by atoms with Gasteiger partial charge < -0.3 is 10.2 Å². The van der Waals surface area contributed by atoms with Gasteiger partial charge in [-0.3, -0.25) is 0 Å². The second-order valence-corrected chi connectivity index (χ2v) is 7.48. The first-order valence-electron chi connectivity index (χ1n) is 8.60. The van der Waals surface area contributed by atoms with Gasteiger partial charge in [0.25, 0.3) is 0 Å². The maximum absolute atomic E-state index is 5.03. The van der Waals surface area contributed by atoms with Crippen LogP contribution in [0, 0.1) is 5.92 Å². The van der Waals surface area contributed by atoms with Gasteiger partial charge in [0, 0.05) is 24.5 Å². The van der Waals surface area contributed by atoms with Crippen LogP contribution in [0.3, 0.4) is 0 Å². The molecule has 1 fully saturated rings. The van der Waals surface area contributed by atoms with Crippen LogP contribution in [0.1, 0.15) is 69.9 Å². The lowest BCUT2D eigenvalue weighted by Gasteiger charge is -2.19. The molecule has 1 saturated heterocycles. The lowest BCUT2D eigenvalue weighted by molar-refractivity contribution is 0.521. The summed E-state index contributed by atoms with van der Waals surface area (Å²) >= 11 is 1.91. The highest BCUT2D eigenvalue weighted by Gasteiger charge is 2.21. The molecule has 120 valence electrons. The molecule has 2 unspecified atom stereocenters. The molecule has 4 heteroatoms. The van der Waals surface area contributed by atoms with Crippen molar-refractivity contribution in [2.75, 3.05) is 24.5 Å². The van der Waals surface area contributed by atoms with E-state index in [-0.39, 0.29) is 0 Å². The maximum Gasteiger partial charge on any atom is 0.185 e. The minimum absolute atomic E-state index is 0.564. The standard InChI is InChI=1S/C17H31N3S/c1-5-14(4)16-15(12-18-6-2)21-17(19-16)20-10-7-8-13(3)9-11-20/h13-14,18H,5-12H2,1-4H3. The van der Waals surface area contributed by atoms with Crippen molar-refractivity contribution in [3.05, 3.63) is 10.6 Å². The van der Waals surface area contributed by atoms with Crippen molar-refractivity contribution in [3.63, 3.8) is 0 Å². The summed E-state index contributed by atoms with van der Waals surface area (Å²) in [6.45, 7) is 13.5. The van der Waals surface area contributed by atoms with Crippen LogP contribution >= 0.6 is 11.3 Å². The van der Waals surface area contributed by atoms with Gasteiger partial charge in [-0.05, 0) is 44.1 Å². The van der Waals surface area contributed by atoms with Gasteiger partial charge >= 0.3 is 0 Å². The van der Waals surface area contributed by atoms with Crippen molar-refractivity contribution in [1.29, 1.82) is 0 Å². The average molecular weight is 310 g/mol. The van der Waals surface area contributed by atoms with E-state index in [1.165, 1.54) is 54.5 Å². The fraction of sp³-hybridized carbons (Fsp3) is 0.824. The Bertz CT molecular complexity index is 430. The quantitative estimate of drug-likeness (QED) is 0.844. The third kappa shape index (κ3) is 4.43. The van der Waals surface area contributed by atoms with E-state index >= 15 is 0 Å². The normalized spacial score (nSPS) is 21.3. The fourth-order valence-corrected chi connectivity index (χ4v) is 4.09. The smallest absolute Gasteiger partial charge is 0.185 e. The molecular weight excluding hydrogens is 278 g/mol. The Morgan fingerprint density at radius 2 is 2.14 bits per heavy atom. The largest absolute Gasteiger partial charge is 0.348 e. The van der Waals surface area contributed by atoms with Gasteiger partial charge in [0.1, 0.15) is 0 Å². The molecule has 2 atom stereocenters. The Morgan fingerprint density at radius 3 is 2.86 bits per heavy atom. The van der Waals surface area contributed by atoms with E-state index in [1.807, 2.05) is 11.3 Å². The number of aromatic nitrogens is 1. The zero-order valence-corrected chi connectivity index (χ0v) is 14.9. The number of rotatable bonds is 6. The van der Waals surface area contributed by atoms with E-state index in [0.717, 1.165) is 19.0 Å². The Balaban J connectivity index is 2.16. The molecule has 2 heterocycles. The predicted octanol–water partition coefficient (Wildman–Crippen LogP) is 4.39. The topological polar surface area (TPSA) is 28.2 Å². The van der Waals surface area contributed by atoms with Crippen molar-refractivity contribution in [3.8, 4) is 0 Å². The number of hydrogen-bond donors (Lipinski definition) is 1. The van der Waals surface area contributed by atoms with E-state index in [0.29, 0.717) is 5.92 Å². The SMILES string of the molecule is CCNCc1sc(N2CCCC(C)CC2)nc1C(C)CC. The van der Waals surface area contributed by atoms with Gasteiger partial charge in [-0.1, -0.05) is 27.7 Å². The fourth-order valence-electron chi connectivity index (χ4n) is 2.88. The monoisotopic (exact) mass is 309 g/mol. The summed E-state index contributed by atoms with van der Waals surface area (Å²) in [6, 6.07) is 0. The molecular formula is C17H31N3S. The van der Waals surface area contributed by atoms with Crippen LogP contribution < -0.4 is 10.2 Å². The Hall–Kier alpha value is -0.610.